The lowest BCUT2D eigenvalue weighted by molar-refractivity contribution is -0.142. The second kappa shape index (κ2) is 13.3. The highest BCUT2D eigenvalue weighted by Gasteiger charge is 2.21. The van der Waals surface area contributed by atoms with E-state index in [2.05, 4.69) is 44.2 Å². The van der Waals surface area contributed by atoms with E-state index in [0.29, 0.717) is 31.9 Å². The number of carbonyl (C=O) groups is 1. The molecule has 208 valence electrons. The first-order valence-corrected chi connectivity index (χ1v) is 13.4. The fraction of sp³-hybridized carbons (Fsp3) is 0.414. The molecule has 1 atom stereocenters. The number of benzene rings is 2. The van der Waals surface area contributed by atoms with Crippen LogP contribution in [0.5, 0.6) is 5.75 Å². The van der Waals surface area contributed by atoms with E-state index < -0.39 is 0 Å². The number of methoxy groups -OCH3 is 1. The molecule has 2 heterocycles. The predicted molar refractivity (Wildman–Crippen MR) is 154 cm³/mol. The molecular weight excluding hydrogens is 496 g/mol. The van der Waals surface area contributed by atoms with E-state index in [9.17, 15) is 9.90 Å². The van der Waals surface area contributed by atoms with Gasteiger partial charge in [-0.25, -0.2) is 4.98 Å². The quantitative estimate of drug-likeness (QED) is 0.178. The van der Waals surface area contributed by atoms with Gasteiger partial charge in [0.15, 0.2) is 5.82 Å². The lowest BCUT2D eigenvalue weighted by Crippen LogP contribution is -2.24. The van der Waals surface area contributed by atoms with E-state index in [0.717, 1.165) is 51.7 Å². The van der Waals surface area contributed by atoms with Gasteiger partial charge >= 0.3 is 5.97 Å². The molecule has 4 rings (SSSR count). The summed E-state index contributed by atoms with van der Waals surface area (Å²) in [5.41, 5.74) is 10.8. The molecule has 0 aliphatic rings. The average Bonchev–Trinajstić information content (AvgIpc) is 3.22. The summed E-state index contributed by atoms with van der Waals surface area (Å²) in [6.45, 7) is 5.50. The second-order valence-corrected chi connectivity index (χ2v) is 9.43. The summed E-state index contributed by atoms with van der Waals surface area (Å²) in [5, 5.41) is 17.3. The van der Waals surface area contributed by atoms with Gasteiger partial charge in [0.25, 0.3) is 0 Å². The van der Waals surface area contributed by atoms with E-state index in [-0.39, 0.29) is 31.1 Å². The van der Waals surface area contributed by atoms with Crippen molar-refractivity contribution in [3.05, 3.63) is 53.6 Å². The van der Waals surface area contributed by atoms with Gasteiger partial charge in [-0.05, 0) is 43.5 Å². The molecule has 2 aromatic carbocycles. The van der Waals surface area contributed by atoms with Crippen LogP contribution in [0.2, 0.25) is 0 Å². The van der Waals surface area contributed by atoms with Crippen LogP contribution in [0.1, 0.15) is 44.2 Å². The number of aromatic nitrogens is 3. The van der Waals surface area contributed by atoms with Crippen LogP contribution >= 0.6 is 0 Å². The Morgan fingerprint density at radius 3 is 2.72 bits per heavy atom. The third kappa shape index (κ3) is 6.58. The van der Waals surface area contributed by atoms with Crippen molar-refractivity contribution in [3.8, 4) is 5.75 Å². The number of hydrogen-bond acceptors (Lipinski definition) is 9. The smallest absolute Gasteiger partial charge is 0.319 e. The molecule has 0 unspecified atom stereocenters. The van der Waals surface area contributed by atoms with Gasteiger partial charge in [-0.3, -0.25) is 4.79 Å². The molecule has 5 N–H and O–H groups in total. The standard InChI is InChI=1S/C29H38N6O4/c1-4-8-21(13-14-36)32-28-27-26(33-29(30)34-28)22-9-6-7-10-23(22)35(27)18-20-15-19(11-12-24(20)38-3)16-31-17-25(37)39-5-2/h6-7,9-12,15,21,31,36H,4-5,8,13-14,16-18H2,1-3H3,(H3,30,32,33,34)/t21-/m0/s1. The summed E-state index contributed by atoms with van der Waals surface area (Å²) < 4.78 is 12.9. The number of para-hydroxylation sites is 1. The number of fused-ring (bicyclic) bond motifs is 3. The minimum Gasteiger partial charge on any atom is -0.496 e. The Morgan fingerprint density at radius 1 is 1.15 bits per heavy atom. The molecule has 39 heavy (non-hydrogen) atoms. The maximum atomic E-state index is 11.7. The van der Waals surface area contributed by atoms with Crippen LogP contribution in [0.4, 0.5) is 11.8 Å². The van der Waals surface area contributed by atoms with Crippen LogP contribution in [-0.2, 0) is 22.6 Å². The van der Waals surface area contributed by atoms with E-state index in [1.165, 1.54) is 0 Å². The number of aliphatic hydroxyl groups is 1. The minimum absolute atomic E-state index is 0.0484. The van der Waals surface area contributed by atoms with Crippen molar-refractivity contribution in [2.75, 3.05) is 37.9 Å². The van der Waals surface area contributed by atoms with Crippen molar-refractivity contribution >= 4 is 39.7 Å². The Hall–Kier alpha value is -3.89. The molecule has 0 aliphatic heterocycles. The third-order valence-electron chi connectivity index (χ3n) is 6.65. The lowest BCUT2D eigenvalue weighted by atomic mass is 10.1. The van der Waals surface area contributed by atoms with Gasteiger partial charge in [0.2, 0.25) is 5.95 Å². The molecule has 0 fully saturated rings. The SMILES string of the molecule is CCC[C@@H](CCO)Nc1nc(N)nc2c3ccccc3n(Cc3cc(CNCC(=O)OCC)ccc3OC)c12. The van der Waals surface area contributed by atoms with E-state index in [1.807, 2.05) is 30.3 Å². The number of nitrogen functional groups attached to an aromatic ring is 1. The van der Waals surface area contributed by atoms with Gasteiger partial charge < -0.3 is 35.5 Å². The van der Waals surface area contributed by atoms with Gasteiger partial charge in [0, 0.05) is 30.1 Å². The van der Waals surface area contributed by atoms with Crippen molar-refractivity contribution in [1.29, 1.82) is 0 Å². The van der Waals surface area contributed by atoms with Crippen LogP contribution in [0.15, 0.2) is 42.5 Å². The van der Waals surface area contributed by atoms with Gasteiger partial charge in [-0.2, -0.15) is 4.98 Å². The molecule has 0 saturated carbocycles. The Bertz CT molecular complexity index is 1410. The minimum atomic E-state index is -0.279. The largest absolute Gasteiger partial charge is 0.496 e. The fourth-order valence-electron chi connectivity index (χ4n) is 4.95. The molecule has 0 amide bonds. The Labute approximate surface area is 228 Å². The number of hydrogen-bond donors (Lipinski definition) is 4. The summed E-state index contributed by atoms with van der Waals surface area (Å²) in [7, 11) is 1.66. The topological polar surface area (TPSA) is 137 Å². The predicted octanol–water partition coefficient (Wildman–Crippen LogP) is 3.84. The second-order valence-electron chi connectivity index (χ2n) is 9.43. The highest BCUT2D eigenvalue weighted by molar-refractivity contribution is 6.09. The van der Waals surface area contributed by atoms with Gasteiger partial charge in [0.1, 0.15) is 16.8 Å². The number of anilines is 2. The van der Waals surface area contributed by atoms with Crippen LogP contribution < -0.4 is 21.1 Å². The third-order valence-corrected chi connectivity index (χ3v) is 6.65. The molecule has 0 aliphatic carbocycles. The first-order valence-electron chi connectivity index (χ1n) is 13.4. The Morgan fingerprint density at radius 2 is 1.97 bits per heavy atom. The number of aliphatic hydroxyl groups excluding tert-OH is 1. The molecule has 0 saturated heterocycles. The maximum Gasteiger partial charge on any atom is 0.319 e. The van der Waals surface area contributed by atoms with E-state index >= 15 is 0 Å². The van der Waals surface area contributed by atoms with Gasteiger partial charge in [-0.15, -0.1) is 0 Å². The number of esters is 1. The molecule has 4 aromatic rings. The highest BCUT2D eigenvalue weighted by atomic mass is 16.5. The highest BCUT2D eigenvalue weighted by Crippen LogP contribution is 2.34. The molecule has 0 bridgehead atoms. The first kappa shape index (κ1) is 28.1. The van der Waals surface area contributed by atoms with Crippen molar-refractivity contribution in [2.24, 2.45) is 0 Å². The average molecular weight is 535 g/mol. The molecular formula is C29H38N6O4. The van der Waals surface area contributed by atoms with Crippen molar-refractivity contribution in [2.45, 2.75) is 52.2 Å². The van der Waals surface area contributed by atoms with Crippen LogP contribution in [-0.4, -0.2) is 58.5 Å². The zero-order valence-corrected chi connectivity index (χ0v) is 22.9. The summed E-state index contributed by atoms with van der Waals surface area (Å²) in [4.78, 5) is 21.0. The number of nitrogens with one attached hydrogen (secondary N) is 2. The first-order chi connectivity index (χ1) is 19.0. The molecule has 2 aromatic heterocycles. The van der Waals surface area contributed by atoms with E-state index in [4.69, 9.17) is 15.2 Å². The van der Waals surface area contributed by atoms with Gasteiger partial charge in [0.05, 0.1) is 32.3 Å². The number of ether oxygens (including phenoxy) is 2. The Balaban J connectivity index is 1.76. The zero-order valence-electron chi connectivity index (χ0n) is 22.9. The van der Waals surface area contributed by atoms with Gasteiger partial charge in [-0.1, -0.05) is 37.6 Å². The number of nitrogens with zero attached hydrogens (tertiary/aromatic N) is 3. The molecule has 0 radical (unpaired) electrons. The maximum absolute atomic E-state index is 11.7. The summed E-state index contributed by atoms with van der Waals surface area (Å²) >= 11 is 0. The normalized spacial score (nSPS) is 12.1. The van der Waals surface area contributed by atoms with Crippen molar-refractivity contribution in [3.63, 3.8) is 0 Å². The van der Waals surface area contributed by atoms with E-state index in [1.54, 1.807) is 14.0 Å². The molecule has 0 spiro atoms. The van der Waals surface area contributed by atoms with Crippen molar-refractivity contribution < 1.29 is 19.4 Å². The monoisotopic (exact) mass is 534 g/mol. The molecule has 10 heteroatoms. The summed E-state index contributed by atoms with van der Waals surface area (Å²) in [5.74, 6) is 1.31. The van der Waals surface area contributed by atoms with Crippen LogP contribution in [0.3, 0.4) is 0 Å². The van der Waals surface area contributed by atoms with Crippen LogP contribution in [0.25, 0.3) is 21.9 Å². The fourth-order valence-corrected chi connectivity index (χ4v) is 4.95. The van der Waals surface area contributed by atoms with Crippen molar-refractivity contribution in [1.82, 2.24) is 19.9 Å². The number of carbonyl (C=O) groups excluding carboxylic acids is 1. The number of nitrogens with two attached hydrogens (primary N) is 1. The molecule has 10 nitrogen and oxygen atoms in total. The summed E-state index contributed by atoms with van der Waals surface area (Å²) in [6, 6.07) is 14.1. The van der Waals surface area contributed by atoms with Crippen LogP contribution in [0, 0.1) is 0 Å². The summed E-state index contributed by atoms with van der Waals surface area (Å²) in [6.07, 6.45) is 2.47. The lowest BCUT2D eigenvalue weighted by Gasteiger charge is -2.20. The Kier molecular flexibility index (Phi) is 9.56. The number of rotatable bonds is 14. The zero-order chi connectivity index (χ0) is 27.8.